The Bertz CT molecular complexity index is 353. The minimum atomic E-state index is 0. The molecule has 1 aromatic rings. The molecule has 2 atom stereocenters. The lowest BCUT2D eigenvalue weighted by atomic mass is 10.0. The molecule has 4 nitrogen and oxygen atoms in total. The van der Waals surface area contributed by atoms with Gasteiger partial charge in [-0.2, -0.15) is 0 Å². The SMILES string of the molecule is Cl.c1ccc(C2CC(N3CCNCC3)NN2)cc1. The molecule has 1 aromatic carbocycles. The van der Waals surface area contributed by atoms with Crippen molar-refractivity contribution >= 4 is 12.4 Å². The number of hydrogen-bond acceptors (Lipinski definition) is 4. The maximum Gasteiger partial charge on any atom is 0.0748 e. The third kappa shape index (κ3) is 3.02. The van der Waals surface area contributed by atoms with E-state index in [0.29, 0.717) is 12.2 Å². The molecule has 18 heavy (non-hydrogen) atoms. The molecule has 100 valence electrons. The first kappa shape index (κ1) is 13.8. The van der Waals surface area contributed by atoms with Crippen LogP contribution in [-0.4, -0.2) is 37.2 Å². The van der Waals surface area contributed by atoms with E-state index < -0.39 is 0 Å². The molecule has 0 spiro atoms. The highest BCUT2D eigenvalue weighted by Gasteiger charge is 2.29. The van der Waals surface area contributed by atoms with Gasteiger partial charge in [0.15, 0.2) is 0 Å². The fraction of sp³-hybridized carbons (Fsp3) is 0.538. The number of nitrogens with one attached hydrogen (secondary N) is 3. The fourth-order valence-corrected chi connectivity index (χ4v) is 2.68. The van der Waals surface area contributed by atoms with Crippen molar-refractivity contribution in [2.75, 3.05) is 26.2 Å². The molecule has 0 aliphatic carbocycles. The summed E-state index contributed by atoms with van der Waals surface area (Å²) in [5.74, 6) is 0. The van der Waals surface area contributed by atoms with E-state index in [1.807, 2.05) is 0 Å². The first-order chi connectivity index (χ1) is 8.43. The average Bonchev–Trinajstić information content (AvgIpc) is 2.90. The van der Waals surface area contributed by atoms with E-state index in [2.05, 4.69) is 51.4 Å². The average molecular weight is 269 g/mol. The normalized spacial score (nSPS) is 28.9. The quantitative estimate of drug-likeness (QED) is 0.745. The first-order valence-corrected chi connectivity index (χ1v) is 6.44. The van der Waals surface area contributed by atoms with Gasteiger partial charge in [0.25, 0.3) is 0 Å². The summed E-state index contributed by atoms with van der Waals surface area (Å²) in [4.78, 5) is 2.52. The predicted molar refractivity (Wildman–Crippen MR) is 75.6 cm³/mol. The minimum absolute atomic E-state index is 0. The third-order valence-corrected chi connectivity index (χ3v) is 3.68. The number of piperazine rings is 1. The Balaban J connectivity index is 0.00000120. The van der Waals surface area contributed by atoms with E-state index in [9.17, 15) is 0 Å². The van der Waals surface area contributed by atoms with Crippen LogP contribution in [0.1, 0.15) is 18.0 Å². The van der Waals surface area contributed by atoms with Crippen LogP contribution < -0.4 is 16.2 Å². The number of nitrogens with zero attached hydrogens (tertiary/aromatic N) is 1. The van der Waals surface area contributed by atoms with Gasteiger partial charge < -0.3 is 5.32 Å². The van der Waals surface area contributed by atoms with Crippen LogP contribution in [0.25, 0.3) is 0 Å². The van der Waals surface area contributed by atoms with E-state index in [1.165, 1.54) is 5.56 Å². The Morgan fingerprint density at radius 3 is 2.44 bits per heavy atom. The summed E-state index contributed by atoms with van der Waals surface area (Å²) in [7, 11) is 0. The zero-order valence-corrected chi connectivity index (χ0v) is 11.2. The summed E-state index contributed by atoms with van der Waals surface area (Å²) < 4.78 is 0. The lowest BCUT2D eigenvalue weighted by Crippen LogP contribution is -2.52. The molecular formula is C13H21ClN4. The fourth-order valence-electron chi connectivity index (χ4n) is 2.68. The van der Waals surface area contributed by atoms with Crippen LogP contribution in [0.3, 0.4) is 0 Å². The molecular weight excluding hydrogens is 248 g/mol. The Morgan fingerprint density at radius 2 is 1.72 bits per heavy atom. The van der Waals surface area contributed by atoms with Crippen molar-refractivity contribution < 1.29 is 0 Å². The zero-order valence-electron chi connectivity index (χ0n) is 10.4. The number of rotatable bonds is 2. The standard InChI is InChI=1S/C13H20N4.ClH/c1-2-4-11(5-3-1)12-10-13(16-15-12)17-8-6-14-7-9-17;/h1-5,12-16H,6-10H2;1H. The van der Waals surface area contributed by atoms with Crippen molar-refractivity contribution in [2.45, 2.75) is 18.6 Å². The van der Waals surface area contributed by atoms with Gasteiger partial charge in [0.1, 0.15) is 0 Å². The second-order valence-corrected chi connectivity index (χ2v) is 4.79. The summed E-state index contributed by atoms with van der Waals surface area (Å²) in [5.41, 5.74) is 8.20. The highest BCUT2D eigenvalue weighted by molar-refractivity contribution is 5.85. The van der Waals surface area contributed by atoms with Crippen LogP contribution in [-0.2, 0) is 0 Å². The molecule has 3 N–H and O–H groups in total. The Kier molecular flexibility index (Phi) is 4.97. The molecule has 2 unspecified atom stereocenters. The molecule has 2 heterocycles. The summed E-state index contributed by atoms with van der Waals surface area (Å²) in [6.07, 6.45) is 1.62. The summed E-state index contributed by atoms with van der Waals surface area (Å²) in [6.45, 7) is 4.49. The minimum Gasteiger partial charge on any atom is -0.314 e. The van der Waals surface area contributed by atoms with E-state index >= 15 is 0 Å². The number of hydrazine groups is 1. The van der Waals surface area contributed by atoms with Crippen molar-refractivity contribution in [3.05, 3.63) is 35.9 Å². The second kappa shape index (κ2) is 6.50. The number of benzene rings is 1. The molecule has 2 aliphatic heterocycles. The molecule has 2 fully saturated rings. The van der Waals surface area contributed by atoms with Gasteiger partial charge in [-0.25, -0.2) is 10.9 Å². The van der Waals surface area contributed by atoms with Gasteiger partial charge in [-0.1, -0.05) is 30.3 Å². The van der Waals surface area contributed by atoms with Gasteiger partial charge in [-0.05, 0) is 12.0 Å². The van der Waals surface area contributed by atoms with E-state index in [1.54, 1.807) is 0 Å². The maximum absolute atomic E-state index is 3.42. The van der Waals surface area contributed by atoms with Crippen LogP contribution in [0.15, 0.2) is 30.3 Å². The van der Waals surface area contributed by atoms with Crippen molar-refractivity contribution in [2.24, 2.45) is 0 Å². The molecule has 0 aromatic heterocycles. The van der Waals surface area contributed by atoms with Gasteiger partial charge in [-0.3, -0.25) is 4.90 Å². The van der Waals surface area contributed by atoms with Crippen molar-refractivity contribution in [3.8, 4) is 0 Å². The lowest BCUT2D eigenvalue weighted by Gasteiger charge is -2.32. The van der Waals surface area contributed by atoms with Crippen molar-refractivity contribution in [3.63, 3.8) is 0 Å². The molecule has 2 aliphatic rings. The van der Waals surface area contributed by atoms with Gasteiger partial charge in [0.05, 0.1) is 6.17 Å². The third-order valence-electron chi connectivity index (χ3n) is 3.68. The highest BCUT2D eigenvalue weighted by Crippen LogP contribution is 2.23. The second-order valence-electron chi connectivity index (χ2n) is 4.79. The predicted octanol–water partition coefficient (Wildman–Crippen LogP) is 0.879. The topological polar surface area (TPSA) is 39.3 Å². The van der Waals surface area contributed by atoms with Crippen LogP contribution in [0.2, 0.25) is 0 Å². The molecule has 5 heteroatoms. The van der Waals surface area contributed by atoms with Gasteiger partial charge in [0.2, 0.25) is 0 Å². The van der Waals surface area contributed by atoms with Crippen LogP contribution in [0.4, 0.5) is 0 Å². The summed E-state index contributed by atoms with van der Waals surface area (Å²) in [5, 5.41) is 3.39. The molecule has 3 rings (SSSR count). The van der Waals surface area contributed by atoms with E-state index in [4.69, 9.17) is 0 Å². The largest absolute Gasteiger partial charge is 0.314 e. The monoisotopic (exact) mass is 268 g/mol. The van der Waals surface area contributed by atoms with Gasteiger partial charge in [-0.15, -0.1) is 12.4 Å². The lowest BCUT2D eigenvalue weighted by molar-refractivity contribution is 0.155. The van der Waals surface area contributed by atoms with Crippen molar-refractivity contribution in [1.82, 2.24) is 21.1 Å². The summed E-state index contributed by atoms with van der Waals surface area (Å²) in [6, 6.07) is 11.1. The van der Waals surface area contributed by atoms with Crippen LogP contribution >= 0.6 is 12.4 Å². The smallest absolute Gasteiger partial charge is 0.0748 e. The Labute approximate surface area is 115 Å². The first-order valence-electron chi connectivity index (χ1n) is 6.44. The zero-order chi connectivity index (χ0) is 11.5. The van der Waals surface area contributed by atoms with E-state index in [0.717, 1.165) is 32.6 Å². The Hall–Kier alpha value is -0.650. The highest BCUT2D eigenvalue weighted by atomic mass is 35.5. The van der Waals surface area contributed by atoms with E-state index in [-0.39, 0.29) is 12.4 Å². The van der Waals surface area contributed by atoms with Crippen LogP contribution in [0, 0.1) is 0 Å². The van der Waals surface area contributed by atoms with Gasteiger partial charge >= 0.3 is 0 Å². The summed E-state index contributed by atoms with van der Waals surface area (Å²) >= 11 is 0. The van der Waals surface area contributed by atoms with Crippen molar-refractivity contribution in [1.29, 1.82) is 0 Å². The van der Waals surface area contributed by atoms with Crippen LogP contribution in [0.5, 0.6) is 0 Å². The molecule has 0 amide bonds. The number of halogens is 1. The van der Waals surface area contributed by atoms with Gasteiger partial charge in [0, 0.05) is 32.2 Å². The molecule has 2 saturated heterocycles. The molecule has 0 radical (unpaired) electrons. The maximum atomic E-state index is 3.42. The number of hydrogen-bond donors (Lipinski definition) is 3. The molecule has 0 bridgehead atoms. The Morgan fingerprint density at radius 1 is 1.00 bits per heavy atom. The molecule has 0 saturated carbocycles.